The molecule has 1 aliphatic heterocycles. The molecular formula is C27H26BF3KN5O2. The number of carbonyl (C=O) groups excluding carboxylic acids is 1. The topological polar surface area (TPSA) is 81.5 Å². The standard InChI is InChI=1S/C27H26BF3N5O2.K/c1-18-19(16-28(29,30)31)14-20(33-34-32)15-26(18)35-10-12-36(13-11-35)27(37)38-17-25-23-8-4-2-6-21(23)22-7-3-5-9-24(22)25;/h2-9,14-15,25H,10-13,16-17H2,1H3;/q-1;+1. The van der Waals surface area contributed by atoms with Gasteiger partial charge >= 0.3 is 64.5 Å². The van der Waals surface area contributed by atoms with Crippen LogP contribution in [0.4, 0.5) is 29.1 Å². The number of rotatable bonds is 6. The molecule has 3 aromatic carbocycles. The monoisotopic (exact) mass is 559 g/mol. The van der Waals surface area contributed by atoms with Crippen molar-refractivity contribution in [3.8, 4) is 11.1 Å². The number of azide groups is 1. The summed E-state index contributed by atoms with van der Waals surface area (Å²) in [6.45, 7) is -1.62. The van der Waals surface area contributed by atoms with E-state index in [0.717, 1.165) is 22.3 Å². The van der Waals surface area contributed by atoms with E-state index in [9.17, 15) is 17.7 Å². The Kier molecular flexibility index (Phi) is 9.36. The van der Waals surface area contributed by atoms with Gasteiger partial charge in [-0.05, 0) is 46.3 Å². The molecule has 0 aromatic heterocycles. The Labute approximate surface area is 267 Å². The minimum absolute atomic E-state index is 0. The van der Waals surface area contributed by atoms with Crippen molar-refractivity contribution >= 4 is 24.4 Å². The summed E-state index contributed by atoms with van der Waals surface area (Å²) in [5.74, 6) is -0.0348. The number of carbonyl (C=O) groups is 1. The SMILES string of the molecule is Cc1c(C[B-](F)(F)F)cc(N=[N+]=[N-])cc1N1CCN(C(=O)OCC2c3ccccc3-c3ccccc32)CC1.[K+]. The molecule has 0 N–H and O–H groups in total. The van der Waals surface area contributed by atoms with Crippen LogP contribution in [-0.2, 0) is 11.1 Å². The molecule has 1 aliphatic carbocycles. The Balaban J connectivity index is 0.00000353. The van der Waals surface area contributed by atoms with Crippen molar-refractivity contribution in [3.63, 3.8) is 0 Å². The second-order valence-electron chi connectivity index (χ2n) is 9.63. The van der Waals surface area contributed by atoms with Crippen LogP contribution in [0.3, 0.4) is 0 Å². The van der Waals surface area contributed by atoms with Gasteiger partial charge in [-0.3, -0.25) is 0 Å². The predicted molar refractivity (Wildman–Crippen MR) is 142 cm³/mol. The summed E-state index contributed by atoms with van der Waals surface area (Å²) in [6, 6.07) is 19.1. The van der Waals surface area contributed by atoms with Crippen LogP contribution in [0.1, 0.15) is 28.2 Å². The molecule has 3 aromatic rings. The minimum atomic E-state index is -5.05. The summed E-state index contributed by atoms with van der Waals surface area (Å²) < 4.78 is 45.3. The van der Waals surface area contributed by atoms with Crippen LogP contribution in [0.5, 0.6) is 0 Å². The largest absolute Gasteiger partial charge is 1.00 e. The van der Waals surface area contributed by atoms with Crippen LogP contribution in [0.25, 0.3) is 21.6 Å². The molecule has 0 radical (unpaired) electrons. The quantitative estimate of drug-likeness (QED) is 0.199. The fourth-order valence-electron chi connectivity index (χ4n) is 5.46. The molecular weight excluding hydrogens is 533 g/mol. The Bertz CT molecular complexity index is 1380. The van der Waals surface area contributed by atoms with E-state index in [1.165, 1.54) is 6.07 Å². The molecule has 2 aliphatic rings. The molecule has 0 atom stereocenters. The number of ether oxygens (including phenoxy) is 1. The Hall–Kier alpha value is -2.47. The zero-order valence-electron chi connectivity index (χ0n) is 21.9. The number of nitrogens with zero attached hydrogens (tertiary/aromatic N) is 5. The number of hydrogen-bond acceptors (Lipinski definition) is 4. The van der Waals surface area contributed by atoms with Crippen molar-refractivity contribution in [3.05, 3.63) is 93.4 Å². The summed E-state index contributed by atoms with van der Waals surface area (Å²) in [5.41, 5.74) is 14.7. The van der Waals surface area contributed by atoms with Crippen molar-refractivity contribution in [2.45, 2.75) is 19.2 Å². The zero-order valence-corrected chi connectivity index (χ0v) is 25.0. The number of anilines is 1. The molecule has 0 unspecified atom stereocenters. The van der Waals surface area contributed by atoms with Gasteiger partial charge < -0.3 is 27.5 Å². The number of benzene rings is 3. The molecule has 196 valence electrons. The average Bonchev–Trinajstić information content (AvgIpc) is 3.22. The van der Waals surface area contributed by atoms with Crippen LogP contribution in [0.2, 0.25) is 0 Å². The fourth-order valence-corrected chi connectivity index (χ4v) is 5.46. The summed E-state index contributed by atoms with van der Waals surface area (Å²) in [5, 5.41) is 3.54. The first-order valence-corrected chi connectivity index (χ1v) is 12.5. The molecule has 0 bridgehead atoms. The van der Waals surface area contributed by atoms with Gasteiger partial charge in [0.1, 0.15) is 6.61 Å². The number of piperazine rings is 1. The van der Waals surface area contributed by atoms with Crippen molar-refractivity contribution < 1.29 is 73.9 Å². The summed E-state index contributed by atoms with van der Waals surface area (Å²) >= 11 is 0. The van der Waals surface area contributed by atoms with Crippen molar-refractivity contribution in [1.82, 2.24) is 4.90 Å². The average molecular weight is 559 g/mol. The van der Waals surface area contributed by atoms with Gasteiger partial charge in [0.15, 0.2) is 0 Å². The third kappa shape index (κ3) is 6.48. The second-order valence-corrected chi connectivity index (χ2v) is 9.63. The second kappa shape index (κ2) is 12.4. The minimum Gasteiger partial charge on any atom is -0.449 e. The van der Waals surface area contributed by atoms with Gasteiger partial charge in [-0.1, -0.05) is 71.6 Å². The predicted octanol–water partition coefficient (Wildman–Crippen LogP) is 3.94. The Morgan fingerprint density at radius 2 is 1.62 bits per heavy atom. The van der Waals surface area contributed by atoms with Crippen LogP contribution in [0, 0.1) is 6.92 Å². The van der Waals surface area contributed by atoms with E-state index in [0.29, 0.717) is 37.4 Å². The third-order valence-corrected chi connectivity index (χ3v) is 7.30. The molecule has 1 amide bonds. The molecule has 0 saturated carbocycles. The van der Waals surface area contributed by atoms with Gasteiger partial charge in [-0.2, -0.15) is 0 Å². The van der Waals surface area contributed by atoms with Crippen LogP contribution >= 0.6 is 0 Å². The molecule has 1 heterocycles. The van der Waals surface area contributed by atoms with Gasteiger partial charge in [-0.15, -0.1) is 0 Å². The fraction of sp³-hybridized carbons (Fsp3) is 0.296. The summed E-state index contributed by atoms with van der Waals surface area (Å²) in [7, 11) is 0. The van der Waals surface area contributed by atoms with Crippen molar-refractivity contribution in [2.24, 2.45) is 5.11 Å². The van der Waals surface area contributed by atoms with Gasteiger partial charge in [0.05, 0.1) is 0 Å². The molecule has 1 saturated heterocycles. The van der Waals surface area contributed by atoms with E-state index >= 15 is 0 Å². The van der Waals surface area contributed by atoms with E-state index in [2.05, 4.69) is 34.3 Å². The summed E-state index contributed by atoms with van der Waals surface area (Å²) in [4.78, 5) is 19.2. The smallest absolute Gasteiger partial charge is 0.449 e. The third-order valence-electron chi connectivity index (χ3n) is 7.30. The maximum Gasteiger partial charge on any atom is 1.00 e. The number of fused-ring (bicyclic) bond motifs is 3. The van der Waals surface area contributed by atoms with Gasteiger partial charge in [-0.25, -0.2) is 4.79 Å². The van der Waals surface area contributed by atoms with E-state index in [4.69, 9.17) is 10.3 Å². The van der Waals surface area contributed by atoms with Crippen LogP contribution < -0.4 is 56.3 Å². The first kappa shape index (κ1) is 29.5. The normalized spacial score (nSPS) is 14.7. The number of amides is 1. The molecule has 12 heteroatoms. The first-order chi connectivity index (χ1) is 18.2. The van der Waals surface area contributed by atoms with E-state index in [1.54, 1.807) is 17.9 Å². The molecule has 1 fully saturated rings. The number of halogens is 3. The zero-order chi connectivity index (χ0) is 26.9. The van der Waals surface area contributed by atoms with Gasteiger partial charge in [0.25, 0.3) is 0 Å². The van der Waals surface area contributed by atoms with Crippen molar-refractivity contribution in [2.75, 3.05) is 37.7 Å². The maximum absolute atomic E-state index is 13.2. The summed E-state index contributed by atoms with van der Waals surface area (Å²) in [6.07, 6.45) is -1.46. The van der Waals surface area contributed by atoms with Crippen LogP contribution in [0.15, 0.2) is 65.8 Å². The van der Waals surface area contributed by atoms with Crippen LogP contribution in [-0.4, -0.2) is 50.8 Å². The molecule has 39 heavy (non-hydrogen) atoms. The Morgan fingerprint density at radius 1 is 1.03 bits per heavy atom. The molecule has 0 spiro atoms. The van der Waals surface area contributed by atoms with Gasteiger partial charge in [0, 0.05) is 48.4 Å². The Morgan fingerprint density at radius 3 is 2.18 bits per heavy atom. The number of hydrogen-bond donors (Lipinski definition) is 0. The molecule has 7 nitrogen and oxygen atoms in total. The maximum atomic E-state index is 13.2. The van der Waals surface area contributed by atoms with Gasteiger partial charge in [0.2, 0.25) is 0 Å². The first-order valence-electron chi connectivity index (χ1n) is 12.5. The van der Waals surface area contributed by atoms with E-state index in [1.807, 2.05) is 29.2 Å². The van der Waals surface area contributed by atoms with Crippen molar-refractivity contribution in [1.29, 1.82) is 0 Å². The van der Waals surface area contributed by atoms with E-state index in [-0.39, 0.29) is 75.2 Å². The van der Waals surface area contributed by atoms with E-state index < -0.39 is 19.4 Å². The molecule has 5 rings (SSSR count).